The Morgan fingerprint density at radius 3 is 3.00 bits per heavy atom. The number of pyridine rings is 1. The fourth-order valence-electron chi connectivity index (χ4n) is 2.95. The van der Waals surface area contributed by atoms with Crippen molar-refractivity contribution in [3.8, 4) is 0 Å². The number of nitroso groups, excluding NO2 is 1. The summed E-state index contributed by atoms with van der Waals surface area (Å²) in [5.41, 5.74) is 1.78. The highest BCUT2D eigenvalue weighted by atomic mass is 32.2. The van der Waals surface area contributed by atoms with Crippen LogP contribution in [0.15, 0.2) is 40.0 Å². The van der Waals surface area contributed by atoms with E-state index in [1.165, 1.54) is 15.6 Å². The average Bonchev–Trinajstić information content (AvgIpc) is 3.05. The Hall–Kier alpha value is -1.64. The summed E-state index contributed by atoms with van der Waals surface area (Å²) in [4.78, 5) is 16.2. The van der Waals surface area contributed by atoms with E-state index in [0.717, 1.165) is 22.4 Å². The van der Waals surface area contributed by atoms with Crippen molar-refractivity contribution in [3.05, 3.63) is 50.8 Å². The second-order valence-electron chi connectivity index (χ2n) is 5.89. The molecule has 0 amide bonds. The van der Waals surface area contributed by atoms with Crippen LogP contribution in [0, 0.1) is 4.91 Å². The van der Waals surface area contributed by atoms with Gasteiger partial charge in [0.25, 0.3) is 0 Å². The maximum absolute atomic E-state index is 12.9. The largest absolute Gasteiger partial charge is 0.264 e. The first-order chi connectivity index (χ1) is 11.5. The van der Waals surface area contributed by atoms with E-state index in [-0.39, 0.29) is 0 Å². The van der Waals surface area contributed by atoms with Gasteiger partial charge >= 0.3 is 0 Å². The van der Waals surface area contributed by atoms with Crippen LogP contribution in [0.3, 0.4) is 0 Å². The lowest BCUT2D eigenvalue weighted by Crippen LogP contribution is -2.29. The van der Waals surface area contributed by atoms with Gasteiger partial charge in [-0.1, -0.05) is 11.2 Å². The molecule has 3 rings (SSSR count). The highest BCUT2D eigenvalue weighted by Gasteiger charge is 2.32. The number of nitrogens with zero attached hydrogens (tertiary/aromatic N) is 3. The van der Waals surface area contributed by atoms with Crippen LogP contribution in [0.5, 0.6) is 0 Å². The first-order valence-corrected chi connectivity index (χ1v) is 10.1. The molecular weight excluding hydrogens is 346 g/mol. The maximum atomic E-state index is 12.9. The van der Waals surface area contributed by atoms with Gasteiger partial charge in [-0.25, -0.2) is 12.7 Å². The van der Waals surface area contributed by atoms with Gasteiger partial charge in [-0.2, -0.15) is 4.91 Å². The first-order valence-electron chi connectivity index (χ1n) is 7.82. The van der Waals surface area contributed by atoms with E-state index >= 15 is 0 Å². The van der Waals surface area contributed by atoms with Crippen molar-refractivity contribution in [2.75, 3.05) is 13.6 Å². The third-order valence-electron chi connectivity index (χ3n) is 4.35. The summed E-state index contributed by atoms with van der Waals surface area (Å²) in [6, 6.07) is 3.37. The molecule has 0 radical (unpaired) electrons. The fourth-order valence-corrected chi connectivity index (χ4v) is 5.88. The minimum atomic E-state index is -3.56. The standard InChI is InChI=1S/C16H19N3O3S2/c1-19(9-7-12-4-3-8-17-10-12)24(21,22)15-11-23-16-13(15)5-2-6-14(16)18-20/h3-4,8,10-11,14H,2,5-7,9H2,1H3. The Labute approximate surface area is 145 Å². The number of aromatic nitrogens is 1. The maximum Gasteiger partial charge on any atom is 0.243 e. The third-order valence-corrected chi connectivity index (χ3v) is 7.55. The van der Waals surface area contributed by atoms with Gasteiger partial charge in [-0.05, 0) is 42.9 Å². The molecular formula is C16H19N3O3S2. The molecule has 0 fully saturated rings. The van der Waals surface area contributed by atoms with E-state index in [9.17, 15) is 13.3 Å². The van der Waals surface area contributed by atoms with Crippen molar-refractivity contribution in [1.29, 1.82) is 0 Å². The smallest absolute Gasteiger partial charge is 0.243 e. The monoisotopic (exact) mass is 365 g/mol. The van der Waals surface area contributed by atoms with Gasteiger partial charge in [0.1, 0.15) is 6.04 Å². The molecule has 0 spiro atoms. The highest BCUT2D eigenvalue weighted by Crippen LogP contribution is 2.40. The van der Waals surface area contributed by atoms with Crippen molar-refractivity contribution in [1.82, 2.24) is 9.29 Å². The minimum Gasteiger partial charge on any atom is -0.264 e. The molecule has 8 heteroatoms. The highest BCUT2D eigenvalue weighted by molar-refractivity contribution is 7.89. The predicted octanol–water partition coefficient (Wildman–Crippen LogP) is 3.15. The molecule has 1 aliphatic carbocycles. The normalized spacial score (nSPS) is 17.7. The molecule has 1 aliphatic rings. The molecule has 6 nitrogen and oxygen atoms in total. The number of sulfonamides is 1. The van der Waals surface area contributed by atoms with Gasteiger partial charge in [0.2, 0.25) is 10.0 Å². The Bertz CT molecular complexity index is 818. The van der Waals surface area contributed by atoms with Crippen LogP contribution in [0.25, 0.3) is 0 Å². The zero-order valence-electron chi connectivity index (χ0n) is 13.4. The summed E-state index contributed by atoms with van der Waals surface area (Å²) < 4.78 is 27.2. The van der Waals surface area contributed by atoms with Gasteiger partial charge in [-0.3, -0.25) is 4.98 Å². The lowest BCUT2D eigenvalue weighted by molar-refractivity contribution is 0.470. The molecule has 1 unspecified atom stereocenters. The van der Waals surface area contributed by atoms with Crippen molar-refractivity contribution >= 4 is 21.4 Å². The van der Waals surface area contributed by atoms with Gasteiger partial charge in [0.15, 0.2) is 0 Å². The lowest BCUT2D eigenvalue weighted by Gasteiger charge is -2.20. The SMILES string of the molecule is CN(CCc1cccnc1)S(=O)(=O)c1csc2c1CCCC2N=O. The summed E-state index contributed by atoms with van der Waals surface area (Å²) in [6.07, 6.45) is 6.23. The number of likely N-dealkylation sites (N-methyl/N-ethyl adjacent to an activating group) is 1. The number of hydrogen-bond donors (Lipinski definition) is 0. The van der Waals surface area contributed by atoms with Gasteiger partial charge in [0, 0.05) is 36.2 Å². The molecule has 0 aromatic carbocycles. The molecule has 2 heterocycles. The molecule has 0 bridgehead atoms. The van der Waals surface area contributed by atoms with Crippen LogP contribution in [0.2, 0.25) is 0 Å². The van der Waals surface area contributed by atoms with E-state index in [2.05, 4.69) is 10.2 Å². The number of rotatable bonds is 6. The molecule has 0 saturated carbocycles. The van der Waals surface area contributed by atoms with Crippen LogP contribution in [-0.2, 0) is 22.9 Å². The van der Waals surface area contributed by atoms with Crippen molar-refractivity contribution < 1.29 is 8.42 Å². The van der Waals surface area contributed by atoms with Crippen LogP contribution >= 0.6 is 11.3 Å². The molecule has 0 N–H and O–H groups in total. The Morgan fingerprint density at radius 1 is 1.46 bits per heavy atom. The summed E-state index contributed by atoms with van der Waals surface area (Å²) in [6.45, 7) is 0.383. The first kappa shape index (κ1) is 17.2. The Balaban J connectivity index is 1.80. The zero-order valence-corrected chi connectivity index (χ0v) is 15.0. The van der Waals surface area contributed by atoms with E-state index in [0.29, 0.717) is 30.7 Å². The van der Waals surface area contributed by atoms with Gasteiger partial charge in [-0.15, -0.1) is 11.3 Å². The fraction of sp³-hybridized carbons (Fsp3) is 0.438. The quantitative estimate of drug-likeness (QED) is 0.737. The minimum absolute atomic E-state index is 0.338. The van der Waals surface area contributed by atoms with E-state index in [4.69, 9.17) is 0 Å². The summed E-state index contributed by atoms with van der Waals surface area (Å²) >= 11 is 1.33. The van der Waals surface area contributed by atoms with Crippen LogP contribution in [-0.4, -0.2) is 31.3 Å². The lowest BCUT2D eigenvalue weighted by atomic mass is 9.96. The van der Waals surface area contributed by atoms with Crippen LogP contribution in [0.4, 0.5) is 0 Å². The second-order valence-corrected chi connectivity index (χ2v) is 8.82. The Kier molecular flexibility index (Phi) is 5.07. The predicted molar refractivity (Wildman–Crippen MR) is 93.5 cm³/mol. The van der Waals surface area contributed by atoms with Crippen molar-refractivity contribution in [2.24, 2.45) is 5.18 Å². The molecule has 2 aromatic rings. The third kappa shape index (κ3) is 3.26. The Morgan fingerprint density at radius 2 is 2.29 bits per heavy atom. The van der Waals surface area contributed by atoms with Crippen molar-refractivity contribution in [3.63, 3.8) is 0 Å². The number of hydrogen-bond acceptors (Lipinski definition) is 6. The van der Waals surface area contributed by atoms with Crippen LogP contribution in [0.1, 0.15) is 34.9 Å². The molecule has 1 atom stereocenters. The molecule has 0 saturated heterocycles. The molecule has 2 aromatic heterocycles. The van der Waals surface area contributed by atoms with E-state index in [1.807, 2.05) is 12.1 Å². The van der Waals surface area contributed by atoms with Crippen LogP contribution < -0.4 is 0 Å². The van der Waals surface area contributed by atoms with E-state index < -0.39 is 16.1 Å². The second kappa shape index (κ2) is 7.08. The average molecular weight is 365 g/mol. The molecule has 24 heavy (non-hydrogen) atoms. The summed E-state index contributed by atoms with van der Waals surface area (Å²) in [5, 5.41) is 4.81. The zero-order chi connectivity index (χ0) is 17.2. The van der Waals surface area contributed by atoms with Gasteiger partial charge in [0.05, 0.1) is 4.90 Å². The molecule has 0 aliphatic heterocycles. The van der Waals surface area contributed by atoms with Crippen molar-refractivity contribution in [2.45, 2.75) is 36.6 Å². The summed E-state index contributed by atoms with van der Waals surface area (Å²) in [5.74, 6) is 0. The molecule has 128 valence electrons. The number of fused-ring (bicyclic) bond motifs is 1. The number of thiophene rings is 1. The van der Waals surface area contributed by atoms with Gasteiger partial charge < -0.3 is 0 Å². The summed E-state index contributed by atoms with van der Waals surface area (Å²) in [7, 11) is -1.97. The topological polar surface area (TPSA) is 79.7 Å². The van der Waals surface area contributed by atoms with E-state index in [1.54, 1.807) is 24.8 Å².